The molecule has 1 atom stereocenters. The van der Waals surface area contributed by atoms with Gasteiger partial charge in [-0.15, -0.1) is 10.2 Å². The third-order valence-corrected chi connectivity index (χ3v) is 3.75. The van der Waals surface area contributed by atoms with Crippen LogP contribution in [-0.2, 0) is 0 Å². The summed E-state index contributed by atoms with van der Waals surface area (Å²) in [6, 6.07) is 6.21. The third kappa shape index (κ3) is 3.11. The number of aryl methyl sites for hydroxylation is 1. The molecule has 0 spiro atoms. The number of hydrogen-bond donors (Lipinski definition) is 1. The lowest BCUT2D eigenvalue weighted by Crippen LogP contribution is -2.18. The van der Waals surface area contributed by atoms with Gasteiger partial charge < -0.3 is 5.32 Å². The summed E-state index contributed by atoms with van der Waals surface area (Å²) in [6.07, 6.45) is 1.12. The average Bonchev–Trinajstić information content (AvgIpc) is 2.85. The lowest BCUT2D eigenvalue weighted by molar-refractivity contribution is 0.564. The Morgan fingerprint density at radius 2 is 2.17 bits per heavy atom. The molecular formula is C13H18N4S. The van der Waals surface area contributed by atoms with Crippen molar-refractivity contribution in [3.63, 3.8) is 0 Å². The monoisotopic (exact) mass is 262 g/mol. The molecular weight excluding hydrogens is 244 g/mol. The first-order chi connectivity index (χ1) is 8.70. The summed E-state index contributed by atoms with van der Waals surface area (Å²) in [5, 5.41) is 13.8. The Bertz CT molecular complexity index is 509. The zero-order valence-electron chi connectivity index (χ0n) is 11.0. The maximum Gasteiger partial charge on any atom is 0.166 e. The van der Waals surface area contributed by atoms with E-state index in [9.17, 15) is 0 Å². The minimum Gasteiger partial charge on any atom is -0.308 e. The van der Waals surface area contributed by atoms with Gasteiger partial charge in [-0.1, -0.05) is 24.3 Å². The molecule has 1 unspecified atom stereocenters. The molecule has 0 aliphatic heterocycles. The fourth-order valence-electron chi connectivity index (χ4n) is 1.62. The van der Waals surface area contributed by atoms with Crippen LogP contribution in [0.15, 0.2) is 18.2 Å². The number of aromatic nitrogens is 3. The van der Waals surface area contributed by atoms with E-state index in [4.69, 9.17) is 0 Å². The van der Waals surface area contributed by atoms with Crippen LogP contribution in [0.3, 0.4) is 0 Å². The first-order valence-electron chi connectivity index (χ1n) is 6.21. The number of nitrogens with one attached hydrogen (secondary N) is 1. The molecule has 0 bridgehead atoms. The van der Waals surface area contributed by atoms with Crippen molar-refractivity contribution in [2.45, 2.75) is 33.2 Å². The maximum atomic E-state index is 4.47. The van der Waals surface area contributed by atoms with Gasteiger partial charge in [0.2, 0.25) is 0 Å². The predicted molar refractivity (Wildman–Crippen MR) is 74.6 cm³/mol. The van der Waals surface area contributed by atoms with Gasteiger partial charge in [-0.05, 0) is 38.9 Å². The van der Waals surface area contributed by atoms with Crippen LogP contribution in [0, 0.1) is 6.92 Å². The SMILES string of the molecule is CCCNC(C)c1nnc(-c2cccc(C)n2)s1. The minimum atomic E-state index is 0.251. The van der Waals surface area contributed by atoms with E-state index in [1.54, 1.807) is 11.3 Å². The summed E-state index contributed by atoms with van der Waals surface area (Å²) >= 11 is 1.61. The molecule has 5 heteroatoms. The first kappa shape index (κ1) is 13.1. The van der Waals surface area contributed by atoms with E-state index in [1.807, 2.05) is 25.1 Å². The van der Waals surface area contributed by atoms with Crippen molar-refractivity contribution in [1.82, 2.24) is 20.5 Å². The number of nitrogens with zero attached hydrogens (tertiary/aromatic N) is 3. The maximum absolute atomic E-state index is 4.47. The predicted octanol–water partition coefficient (Wildman–Crippen LogP) is 2.97. The van der Waals surface area contributed by atoms with Gasteiger partial charge in [0.15, 0.2) is 5.01 Å². The van der Waals surface area contributed by atoms with Crippen molar-refractivity contribution < 1.29 is 0 Å². The van der Waals surface area contributed by atoms with Crippen LogP contribution in [0.4, 0.5) is 0 Å². The molecule has 2 heterocycles. The summed E-state index contributed by atoms with van der Waals surface area (Å²) in [6.45, 7) is 7.25. The van der Waals surface area contributed by atoms with Gasteiger partial charge in [0, 0.05) is 5.69 Å². The second-order valence-electron chi connectivity index (χ2n) is 4.29. The molecule has 1 N–H and O–H groups in total. The summed E-state index contributed by atoms with van der Waals surface area (Å²) in [5.41, 5.74) is 1.91. The Morgan fingerprint density at radius 3 is 2.89 bits per heavy atom. The Balaban J connectivity index is 2.15. The molecule has 2 aromatic heterocycles. The highest BCUT2D eigenvalue weighted by Gasteiger charge is 2.12. The van der Waals surface area contributed by atoms with Crippen molar-refractivity contribution in [2.75, 3.05) is 6.54 Å². The Kier molecular flexibility index (Phi) is 4.38. The number of pyridine rings is 1. The van der Waals surface area contributed by atoms with E-state index in [0.717, 1.165) is 34.4 Å². The molecule has 0 radical (unpaired) electrons. The van der Waals surface area contributed by atoms with Gasteiger partial charge >= 0.3 is 0 Å². The van der Waals surface area contributed by atoms with Crippen LogP contribution in [0.5, 0.6) is 0 Å². The highest BCUT2D eigenvalue weighted by molar-refractivity contribution is 7.14. The van der Waals surface area contributed by atoms with E-state index < -0.39 is 0 Å². The zero-order valence-corrected chi connectivity index (χ0v) is 11.8. The molecule has 0 amide bonds. The Labute approximate surface area is 111 Å². The van der Waals surface area contributed by atoms with Gasteiger partial charge in [-0.2, -0.15) is 0 Å². The molecule has 0 saturated carbocycles. The highest BCUT2D eigenvalue weighted by atomic mass is 32.1. The van der Waals surface area contributed by atoms with Crippen LogP contribution in [-0.4, -0.2) is 21.7 Å². The second-order valence-corrected chi connectivity index (χ2v) is 5.29. The Morgan fingerprint density at radius 1 is 1.33 bits per heavy atom. The standard InChI is InChI=1S/C13H18N4S/c1-4-8-14-10(3)12-16-17-13(18-12)11-7-5-6-9(2)15-11/h5-7,10,14H,4,8H2,1-3H3. The van der Waals surface area contributed by atoms with E-state index in [0.29, 0.717) is 0 Å². The van der Waals surface area contributed by atoms with Crippen LogP contribution in [0.2, 0.25) is 0 Å². The van der Waals surface area contributed by atoms with E-state index in [2.05, 4.69) is 34.3 Å². The van der Waals surface area contributed by atoms with E-state index in [1.165, 1.54) is 0 Å². The van der Waals surface area contributed by atoms with Gasteiger partial charge in [-0.3, -0.25) is 4.98 Å². The summed E-state index contributed by atoms with van der Waals surface area (Å²) in [7, 11) is 0. The molecule has 0 fully saturated rings. The van der Waals surface area contributed by atoms with Crippen LogP contribution in [0.1, 0.15) is 37.0 Å². The van der Waals surface area contributed by atoms with Crippen molar-refractivity contribution in [3.8, 4) is 10.7 Å². The molecule has 0 aliphatic carbocycles. The lowest BCUT2D eigenvalue weighted by Gasteiger charge is -2.08. The number of hydrogen-bond acceptors (Lipinski definition) is 5. The summed E-state index contributed by atoms with van der Waals surface area (Å²) in [4.78, 5) is 4.47. The van der Waals surface area contributed by atoms with Crippen molar-refractivity contribution in [3.05, 3.63) is 28.9 Å². The molecule has 2 aromatic rings. The smallest absolute Gasteiger partial charge is 0.166 e. The third-order valence-electron chi connectivity index (χ3n) is 2.62. The van der Waals surface area contributed by atoms with Crippen LogP contribution < -0.4 is 5.32 Å². The van der Waals surface area contributed by atoms with E-state index >= 15 is 0 Å². The van der Waals surface area contributed by atoms with Crippen LogP contribution in [0.25, 0.3) is 10.7 Å². The largest absolute Gasteiger partial charge is 0.308 e. The van der Waals surface area contributed by atoms with Crippen molar-refractivity contribution in [1.29, 1.82) is 0 Å². The highest BCUT2D eigenvalue weighted by Crippen LogP contribution is 2.25. The van der Waals surface area contributed by atoms with Crippen molar-refractivity contribution >= 4 is 11.3 Å². The topological polar surface area (TPSA) is 50.7 Å². The minimum absolute atomic E-state index is 0.251. The molecule has 96 valence electrons. The molecule has 18 heavy (non-hydrogen) atoms. The fraction of sp³-hybridized carbons (Fsp3) is 0.462. The lowest BCUT2D eigenvalue weighted by atomic mass is 10.3. The Hall–Kier alpha value is -1.33. The quantitative estimate of drug-likeness (QED) is 0.900. The molecule has 2 rings (SSSR count). The zero-order chi connectivity index (χ0) is 13.0. The molecule has 0 saturated heterocycles. The normalized spacial score (nSPS) is 12.6. The number of rotatable bonds is 5. The molecule has 4 nitrogen and oxygen atoms in total. The van der Waals surface area contributed by atoms with Crippen LogP contribution >= 0.6 is 11.3 Å². The fourth-order valence-corrected chi connectivity index (χ4v) is 2.46. The second kappa shape index (κ2) is 6.02. The van der Waals surface area contributed by atoms with Crippen molar-refractivity contribution in [2.24, 2.45) is 0 Å². The first-order valence-corrected chi connectivity index (χ1v) is 7.03. The summed E-state index contributed by atoms with van der Waals surface area (Å²) in [5.74, 6) is 0. The van der Waals surface area contributed by atoms with Gasteiger partial charge in [0.25, 0.3) is 0 Å². The van der Waals surface area contributed by atoms with Gasteiger partial charge in [-0.25, -0.2) is 0 Å². The average molecular weight is 262 g/mol. The summed E-state index contributed by atoms with van der Waals surface area (Å²) < 4.78 is 0. The molecule has 0 aliphatic rings. The van der Waals surface area contributed by atoms with E-state index in [-0.39, 0.29) is 6.04 Å². The van der Waals surface area contributed by atoms with Gasteiger partial charge in [0.05, 0.1) is 6.04 Å². The van der Waals surface area contributed by atoms with Gasteiger partial charge in [0.1, 0.15) is 10.7 Å². The molecule has 0 aromatic carbocycles.